The third-order valence-electron chi connectivity index (χ3n) is 4.89. The van der Waals surface area contributed by atoms with E-state index >= 15 is 0 Å². The lowest BCUT2D eigenvalue weighted by atomic mass is 9.18. The predicted octanol–water partition coefficient (Wildman–Crippen LogP) is 1.16. The summed E-state index contributed by atoms with van der Waals surface area (Å²) in [5.41, 5.74) is 8.15. The molecule has 58 valence electrons. The third kappa shape index (κ3) is 0.288. The second-order valence-corrected chi connectivity index (χ2v) is 4.81. The quantitative estimate of drug-likeness (QED) is 0.583. The van der Waals surface area contributed by atoms with Crippen LogP contribution in [0.4, 0.5) is 0 Å². The van der Waals surface area contributed by atoms with Gasteiger partial charge in [0.1, 0.15) is 0 Å². The summed E-state index contributed by atoms with van der Waals surface area (Å²) < 4.78 is 0. The van der Waals surface area contributed by atoms with Gasteiger partial charge < -0.3 is 5.73 Å². The third-order valence-corrected chi connectivity index (χ3v) is 4.89. The number of hydrogen-bond acceptors (Lipinski definition) is 1. The molecule has 5 unspecified atom stereocenters. The summed E-state index contributed by atoms with van der Waals surface area (Å²) in [6, 6.07) is 0. The minimum absolute atomic E-state index is 0.693. The smallest absolute Gasteiger partial charge is 0.00329 e. The van der Waals surface area contributed by atoms with Crippen molar-refractivity contribution < 1.29 is 0 Å². The SMILES string of the molecule is NCCC12CC3C4C=C1C4C32. The first-order chi connectivity index (χ1) is 5.38. The highest BCUT2D eigenvalue weighted by molar-refractivity contribution is 5.53. The summed E-state index contributed by atoms with van der Waals surface area (Å²) in [5, 5.41) is 0. The number of fused-ring (bicyclic) bond motifs is 2. The first-order valence-corrected chi connectivity index (χ1v) is 4.81. The Bertz CT molecular complexity index is 281. The van der Waals surface area contributed by atoms with E-state index in [0.717, 1.165) is 30.2 Å². The Morgan fingerprint density at radius 2 is 2.55 bits per heavy atom. The molecule has 0 radical (unpaired) electrons. The number of rotatable bonds is 2. The van der Waals surface area contributed by atoms with Gasteiger partial charge in [-0.15, -0.1) is 0 Å². The molecule has 1 heteroatoms. The first kappa shape index (κ1) is 5.36. The average molecular weight is 147 g/mol. The number of nitrogens with two attached hydrogens (primary N) is 1. The highest BCUT2D eigenvalue weighted by Crippen LogP contribution is 2.88. The molecular formula is C10H13N. The fourth-order valence-electron chi connectivity index (χ4n) is 4.49. The van der Waals surface area contributed by atoms with E-state index in [1.54, 1.807) is 0 Å². The number of allylic oxidation sites excluding steroid dienone is 2. The lowest BCUT2D eigenvalue weighted by molar-refractivity contribution is -0.270. The molecule has 1 nitrogen and oxygen atoms in total. The summed E-state index contributed by atoms with van der Waals surface area (Å²) >= 11 is 0. The molecule has 0 aromatic carbocycles. The first-order valence-electron chi connectivity index (χ1n) is 4.81. The van der Waals surface area contributed by atoms with Crippen molar-refractivity contribution >= 4 is 0 Å². The van der Waals surface area contributed by atoms with Crippen LogP contribution in [0, 0.1) is 29.1 Å². The van der Waals surface area contributed by atoms with Crippen LogP contribution in [-0.2, 0) is 0 Å². The summed E-state index contributed by atoms with van der Waals surface area (Å²) in [4.78, 5) is 0. The summed E-state index contributed by atoms with van der Waals surface area (Å²) in [6.07, 6.45) is 5.33. The fourth-order valence-corrected chi connectivity index (χ4v) is 4.49. The molecule has 0 amide bonds. The van der Waals surface area contributed by atoms with E-state index in [1.807, 2.05) is 5.57 Å². The topological polar surface area (TPSA) is 26.0 Å². The van der Waals surface area contributed by atoms with Crippen LogP contribution in [0.25, 0.3) is 0 Å². The molecule has 0 saturated heterocycles. The normalized spacial score (nSPS) is 66.1. The van der Waals surface area contributed by atoms with Gasteiger partial charge in [0.15, 0.2) is 0 Å². The average Bonchev–Trinajstić information content (AvgIpc) is 2.00. The van der Waals surface area contributed by atoms with Gasteiger partial charge >= 0.3 is 0 Å². The fraction of sp³-hybridized carbons (Fsp3) is 0.800. The Morgan fingerprint density at radius 1 is 1.64 bits per heavy atom. The molecule has 0 bridgehead atoms. The van der Waals surface area contributed by atoms with Crippen LogP contribution in [-0.4, -0.2) is 6.54 Å². The molecule has 3 saturated carbocycles. The predicted molar refractivity (Wildman–Crippen MR) is 42.8 cm³/mol. The van der Waals surface area contributed by atoms with Crippen LogP contribution in [0.5, 0.6) is 0 Å². The van der Waals surface area contributed by atoms with Crippen molar-refractivity contribution in [3.63, 3.8) is 0 Å². The molecule has 5 atom stereocenters. The van der Waals surface area contributed by atoms with Crippen molar-refractivity contribution in [2.45, 2.75) is 12.8 Å². The van der Waals surface area contributed by atoms with E-state index in [9.17, 15) is 0 Å². The molecule has 4 aliphatic rings. The molecular weight excluding hydrogens is 134 g/mol. The van der Waals surface area contributed by atoms with Crippen molar-refractivity contribution in [2.24, 2.45) is 34.8 Å². The zero-order chi connectivity index (χ0) is 7.22. The van der Waals surface area contributed by atoms with Gasteiger partial charge in [0.05, 0.1) is 0 Å². The molecule has 3 fully saturated rings. The van der Waals surface area contributed by atoms with Crippen molar-refractivity contribution in [1.29, 1.82) is 0 Å². The minimum atomic E-state index is 0.693. The maximum Gasteiger partial charge on any atom is -0.00329 e. The summed E-state index contributed by atoms with van der Waals surface area (Å²) in [5.74, 6) is 4.37. The molecule has 0 aromatic heterocycles. The van der Waals surface area contributed by atoms with E-state index in [1.165, 1.54) is 12.8 Å². The number of hydrogen-bond donors (Lipinski definition) is 1. The molecule has 0 aromatic rings. The molecule has 0 aliphatic heterocycles. The van der Waals surface area contributed by atoms with E-state index in [0.29, 0.717) is 5.41 Å². The van der Waals surface area contributed by atoms with Crippen molar-refractivity contribution in [2.75, 3.05) is 6.54 Å². The molecule has 0 spiro atoms. The lowest BCUT2D eigenvalue weighted by Crippen LogP contribution is -2.79. The maximum atomic E-state index is 5.63. The van der Waals surface area contributed by atoms with Gasteiger partial charge in [-0.1, -0.05) is 11.6 Å². The van der Waals surface area contributed by atoms with Crippen LogP contribution in [0.15, 0.2) is 11.6 Å². The Hall–Kier alpha value is -0.300. The molecule has 4 rings (SSSR count). The minimum Gasteiger partial charge on any atom is -0.330 e. The molecule has 11 heavy (non-hydrogen) atoms. The Kier molecular flexibility index (Phi) is 0.587. The molecule has 4 aliphatic carbocycles. The van der Waals surface area contributed by atoms with Gasteiger partial charge in [0.25, 0.3) is 0 Å². The highest BCUT2D eigenvalue weighted by atomic mass is 14.9. The second-order valence-electron chi connectivity index (χ2n) is 4.81. The molecule has 2 N–H and O–H groups in total. The Balaban J connectivity index is 1.78. The Labute approximate surface area is 66.7 Å². The standard InChI is InChI=1S/C10H13N/c11-2-1-10-4-6-5-3-7(10)8(5)9(6)10/h3,5-6,8-9H,1-2,4,11H2. The van der Waals surface area contributed by atoms with E-state index in [4.69, 9.17) is 5.73 Å². The van der Waals surface area contributed by atoms with Gasteiger partial charge in [0, 0.05) is 0 Å². The zero-order valence-electron chi connectivity index (χ0n) is 6.59. The van der Waals surface area contributed by atoms with Gasteiger partial charge in [-0.05, 0) is 48.5 Å². The van der Waals surface area contributed by atoms with E-state index < -0.39 is 0 Å². The molecule has 0 heterocycles. The van der Waals surface area contributed by atoms with Crippen LogP contribution in [0.1, 0.15) is 12.8 Å². The zero-order valence-corrected chi connectivity index (χ0v) is 6.59. The van der Waals surface area contributed by atoms with E-state index in [2.05, 4.69) is 6.08 Å². The van der Waals surface area contributed by atoms with E-state index in [-0.39, 0.29) is 0 Å². The Morgan fingerprint density at radius 3 is 3.00 bits per heavy atom. The van der Waals surface area contributed by atoms with Crippen molar-refractivity contribution in [3.05, 3.63) is 11.6 Å². The summed E-state index contributed by atoms with van der Waals surface area (Å²) in [7, 11) is 0. The summed E-state index contributed by atoms with van der Waals surface area (Å²) in [6.45, 7) is 0.901. The van der Waals surface area contributed by atoms with Crippen LogP contribution >= 0.6 is 0 Å². The van der Waals surface area contributed by atoms with Gasteiger partial charge in [-0.2, -0.15) is 0 Å². The van der Waals surface area contributed by atoms with Gasteiger partial charge in [-0.25, -0.2) is 0 Å². The van der Waals surface area contributed by atoms with Gasteiger partial charge in [0.2, 0.25) is 0 Å². The van der Waals surface area contributed by atoms with Crippen LogP contribution in [0.3, 0.4) is 0 Å². The highest BCUT2D eigenvalue weighted by Gasteiger charge is 2.81. The second kappa shape index (κ2) is 1.20. The van der Waals surface area contributed by atoms with Crippen LogP contribution < -0.4 is 5.73 Å². The maximum absolute atomic E-state index is 5.63. The largest absolute Gasteiger partial charge is 0.330 e. The van der Waals surface area contributed by atoms with Gasteiger partial charge in [-0.3, -0.25) is 0 Å². The van der Waals surface area contributed by atoms with Crippen molar-refractivity contribution in [3.8, 4) is 0 Å². The van der Waals surface area contributed by atoms with Crippen molar-refractivity contribution in [1.82, 2.24) is 0 Å². The monoisotopic (exact) mass is 147 g/mol. The van der Waals surface area contributed by atoms with Crippen LogP contribution in [0.2, 0.25) is 0 Å². The lowest BCUT2D eigenvalue weighted by Gasteiger charge is -2.85.